The first-order chi connectivity index (χ1) is 2.91. The van der Waals surface area contributed by atoms with Gasteiger partial charge in [-0.1, -0.05) is 0 Å². The minimum atomic E-state index is -0.475. The van der Waals surface area contributed by atoms with Gasteiger partial charge >= 0.3 is 53.1 Å². The predicted molar refractivity (Wildman–Crippen MR) is 36.3 cm³/mol. The van der Waals surface area contributed by atoms with Gasteiger partial charge in [-0.05, 0) is 0 Å². The van der Waals surface area contributed by atoms with Crippen molar-refractivity contribution in [2.24, 2.45) is 0 Å². The fraction of sp³-hybridized carbons (Fsp3) is 1.00. The van der Waals surface area contributed by atoms with Crippen LogP contribution in [0.25, 0.3) is 0 Å². The number of unbranched alkanes of at least 4 members (excludes halogenated alkanes) is 1. The molecule has 0 aromatic heterocycles. The van der Waals surface area contributed by atoms with E-state index in [-0.39, 0.29) is 5.48 Å². The molecule has 1 radical (unpaired) electrons. The van der Waals surface area contributed by atoms with Crippen LogP contribution in [0.5, 0.6) is 0 Å². The third kappa shape index (κ3) is 11.0. The van der Waals surface area contributed by atoms with Gasteiger partial charge in [-0.15, -0.1) is 0 Å². The first-order valence-corrected chi connectivity index (χ1v) is 8.84. The fourth-order valence-corrected chi connectivity index (χ4v) is 2.92. The SMILES string of the molecule is CCC[CH2][SnH][Cl].O. The van der Waals surface area contributed by atoms with Crippen molar-refractivity contribution in [1.29, 1.82) is 0 Å². The predicted octanol–water partition coefficient (Wildman–Crippen LogP) is 0.970. The van der Waals surface area contributed by atoms with Gasteiger partial charge in [0.2, 0.25) is 0 Å². The van der Waals surface area contributed by atoms with Gasteiger partial charge in [0, 0.05) is 0 Å². The second kappa shape index (κ2) is 10.1. The summed E-state index contributed by atoms with van der Waals surface area (Å²) in [5.41, 5.74) is 0. The summed E-state index contributed by atoms with van der Waals surface area (Å²) in [7, 11) is 5.57. The fourth-order valence-electron chi connectivity index (χ4n) is 0.281. The molecule has 3 heteroatoms. The second-order valence-corrected chi connectivity index (χ2v) is 5.90. The molecule has 0 unspecified atom stereocenters. The number of hydrogen-bond acceptors (Lipinski definition) is 0. The summed E-state index contributed by atoms with van der Waals surface area (Å²) in [6.45, 7) is 2.20. The summed E-state index contributed by atoms with van der Waals surface area (Å²) in [6, 6.07) is 0. The average molecular weight is 230 g/mol. The Labute approximate surface area is 58.7 Å². The van der Waals surface area contributed by atoms with E-state index in [1.807, 2.05) is 0 Å². The molecule has 0 saturated carbocycles. The van der Waals surface area contributed by atoms with E-state index in [9.17, 15) is 0 Å². The van der Waals surface area contributed by atoms with Crippen LogP contribution in [0, 0.1) is 0 Å². The maximum Gasteiger partial charge on any atom is -0.412 e. The molecule has 2 N–H and O–H groups in total. The van der Waals surface area contributed by atoms with Crippen molar-refractivity contribution in [3.8, 4) is 0 Å². The van der Waals surface area contributed by atoms with Gasteiger partial charge in [0.25, 0.3) is 0 Å². The molecular formula is C4H12ClOSn. The molecule has 1 nitrogen and oxygen atoms in total. The van der Waals surface area contributed by atoms with Crippen LogP contribution >= 0.6 is 8.92 Å². The summed E-state index contributed by atoms with van der Waals surface area (Å²) in [5, 5.41) is 0. The Kier molecular flexibility index (Phi) is 15.8. The molecular weight excluding hydrogens is 218 g/mol. The molecule has 0 aromatic rings. The van der Waals surface area contributed by atoms with Gasteiger partial charge in [-0.3, -0.25) is 0 Å². The zero-order valence-electron chi connectivity index (χ0n) is 4.58. The molecule has 0 saturated heterocycles. The van der Waals surface area contributed by atoms with Crippen LogP contribution < -0.4 is 0 Å². The quantitative estimate of drug-likeness (QED) is 0.511. The maximum atomic E-state index is 5.57. The first kappa shape index (κ1) is 10.9. The molecule has 0 heterocycles. The first-order valence-electron chi connectivity index (χ1n) is 2.33. The van der Waals surface area contributed by atoms with E-state index in [2.05, 4.69) is 6.92 Å². The molecule has 7 heavy (non-hydrogen) atoms. The van der Waals surface area contributed by atoms with Crippen LogP contribution in [0.4, 0.5) is 0 Å². The molecule has 0 amide bonds. The van der Waals surface area contributed by atoms with Gasteiger partial charge in [0.15, 0.2) is 0 Å². The minimum absolute atomic E-state index is 0. The van der Waals surface area contributed by atoms with Crippen LogP contribution in [0.1, 0.15) is 19.8 Å². The van der Waals surface area contributed by atoms with Gasteiger partial charge < -0.3 is 5.48 Å². The van der Waals surface area contributed by atoms with E-state index < -0.39 is 20.0 Å². The molecule has 0 fully saturated rings. The van der Waals surface area contributed by atoms with Gasteiger partial charge in [-0.2, -0.15) is 0 Å². The molecule has 0 aliphatic heterocycles. The van der Waals surface area contributed by atoms with E-state index in [0.29, 0.717) is 0 Å². The van der Waals surface area contributed by atoms with E-state index in [1.165, 1.54) is 17.3 Å². The largest absolute Gasteiger partial charge is 0.412 e. The summed E-state index contributed by atoms with van der Waals surface area (Å²) in [4.78, 5) is 0. The van der Waals surface area contributed by atoms with Crippen LogP contribution in [-0.4, -0.2) is 25.5 Å². The molecule has 0 aliphatic carbocycles. The zero-order valence-corrected chi connectivity index (χ0v) is 8.63. The Hall–Kier alpha value is 1.05. The van der Waals surface area contributed by atoms with Gasteiger partial charge in [0.1, 0.15) is 0 Å². The number of halogens is 1. The standard InChI is InChI=1S/C4H9.ClH.H2O.Sn.H/c1-3-4-2;;;;/h1,3-4H2,2H3;1H;1H2;;/q;;;+1;/p-1. The smallest absolute Gasteiger partial charge is 0.412 e. The van der Waals surface area contributed by atoms with E-state index in [4.69, 9.17) is 8.92 Å². The molecule has 0 aliphatic rings. The third-order valence-corrected chi connectivity index (χ3v) is 3.92. The van der Waals surface area contributed by atoms with Crippen LogP contribution in [-0.2, 0) is 0 Å². The van der Waals surface area contributed by atoms with Crippen molar-refractivity contribution in [1.82, 2.24) is 0 Å². The van der Waals surface area contributed by atoms with E-state index in [1.54, 1.807) is 0 Å². The van der Waals surface area contributed by atoms with Crippen LogP contribution in [0.3, 0.4) is 0 Å². The summed E-state index contributed by atoms with van der Waals surface area (Å²) in [6.07, 6.45) is 2.68. The number of rotatable bonds is 3. The average Bonchev–Trinajstić information content (AvgIpc) is 1.61. The van der Waals surface area contributed by atoms with Crippen molar-refractivity contribution in [2.75, 3.05) is 0 Å². The Balaban J connectivity index is 0. The molecule has 0 atom stereocenters. The van der Waals surface area contributed by atoms with Crippen LogP contribution in [0.15, 0.2) is 0 Å². The summed E-state index contributed by atoms with van der Waals surface area (Å²) < 4.78 is 1.37. The molecule has 0 bridgehead atoms. The topological polar surface area (TPSA) is 31.5 Å². The van der Waals surface area contributed by atoms with Crippen molar-refractivity contribution < 1.29 is 5.48 Å². The van der Waals surface area contributed by atoms with Crippen LogP contribution in [0.2, 0.25) is 4.44 Å². The van der Waals surface area contributed by atoms with Gasteiger partial charge in [0.05, 0.1) is 0 Å². The maximum absolute atomic E-state index is 5.57. The van der Waals surface area contributed by atoms with Crippen molar-refractivity contribution in [3.05, 3.63) is 0 Å². The zero-order chi connectivity index (χ0) is 4.83. The summed E-state index contributed by atoms with van der Waals surface area (Å²) >= 11 is -0.475. The second-order valence-electron chi connectivity index (χ2n) is 1.30. The minimum Gasteiger partial charge on any atom is -0.412 e. The Bertz CT molecular complexity index is 23.7. The third-order valence-electron chi connectivity index (χ3n) is 0.667. The Morgan fingerprint density at radius 2 is 2.14 bits per heavy atom. The van der Waals surface area contributed by atoms with Crippen molar-refractivity contribution in [2.45, 2.75) is 24.2 Å². The molecule has 0 spiro atoms. The Morgan fingerprint density at radius 1 is 1.57 bits per heavy atom. The molecule has 0 aromatic carbocycles. The van der Waals surface area contributed by atoms with E-state index >= 15 is 0 Å². The van der Waals surface area contributed by atoms with Gasteiger partial charge in [-0.25, -0.2) is 0 Å². The summed E-state index contributed by atoms with van der Waals surface area (Å²) in [5.74, 6) is 0. The van der Waals surface area contributed by atoms with E-state index in [0.717, 1.165) is 0 Å². The Morgan fingerprint density at radius 3 is 2.29 bits per heavy atom. The number of hydrogen-bond donors (Lipinski definition) is 0. The monoisotopic (exact) mass is 231 g/mol. The normalized spacial score (nSPS) is 7.71. The van der Waals surface area contributed by atoms with Crippen molar-refractivity contribution in [3.63, 3.8) is 0 Å². The van der Waals surface area contributed by atoms with Crippen molar-refractivity contribution >= 4 is 28.9 Å². The molecule has 45 valence electrons. The molecule has 0 rings (SSSR count).